The van der Waals surface area contributed by atoms with Crippen LogP contribution in [-0.2, 0) is 63.8 Å². The highest BCUT2D eigenvalue weighted by molar-refractivity contribution is 6.11. The Labute approximate surface area is 388 Å². The lowest BCUT2D eigenvalue weighted by Crippen LogP contribution is -2.09. The van der Waals surface area contributed by atoms with Gasteiger partial charge in [-0.3, -0.25) is 19.2 Å². The fourth-order valence-electron chi connectivity index (χ4n) is 8.75. The van der Waals surface area contributed by atoms with Gasteiger partial charge >= 0.3 is 23.9 Å². The molecule has 0 aliphatic heterocycles. The van der Waals surface area contributed by atoms with Gasteiger partial charge in [0.15, 0.2) is 23.0 Å². The van der Waals surface area contributed by atoms with Gasteiger partial charge in [-0.25, -0.2) is 0 Å². The molecular formula is C56H50O11. The summed E-state index contributed by atoms with van der Waals surface area (Å²) in [4.78, 5) is 48.7. The first-order chi connectivity index (χ1) is 32.6. The molecule has 11 heteroatoms. The van der Waals surface area contributed by atoms with Gasteiger partial charge in [0.05, 0.1) is 26.4 Å². The molecule has 0 N–H and O–H groups in total. The first-order valence-electron chi connectivity index (χ1n) is 22.2. The summed E-state index contributed by atoms with van der Waals surface area (Å²) in [6.07, 6.45) is 1.39. The predicted octanol–water partition coefficient (Wildman–Crippen LogP) is 12.1. The lowest BCUT2D eigenvalue weighted by molar-refractivity contribution is -0.141. The van der Waals surface area contributed by atoms with Gasteiger partial charge in [0, 0.05) is 64.2 Å². The first kappa shape index (κ1) is 45.6. The summed E-state index contributed by atoms with van der Waals surface area (Å²) >= 11 is 0. The molecule has 0 spiro atoms. The summed E-state index contributed by atoms with van der Waals surface area (Å²) in [7, 11) is 0. The standard InChI is InChI=1S/C56H50O11/c1-35(57)61-31-27-45-41-19-11-13-21-43(41)49(29-33-63-37(3)59)53-47(45)23-25-51(65-39-15-7-5-8-16-39)55(53)67-56-52(66-40-17-9-6-10-18-40)26-24-48-46(28-32-62-36(2)58)42-20-12-14-22-44(42)50(54(48)56)30-34-64-38(4)60/h5-26H,27-34H2,1-4H3. The molecule has 67 heavy (non-hydrogen) atoms. The van der Waals surface area contributed by atoms with Crippen LogP contribution in [0.5, 0.6) is 34.5 Å². The lowest BCUT2D eigenvalue weighted by Gasteiger charge is -2.25. The van der Waals surface area contributed by atoms with Crippen molar-refractivity contribution >= 4 is 67.0 Å². The highest BCUT2D eigenvalue weighted by Gasteiger charge is 2.27. The Morgan fingerprint density at radius 3 is 0.955 bits per heavy atom. The zero-order valence-corrected chi connectivity index (χ0v) is 37.8. The molecule has 0 unspecified atom stereocenters. The third kappa shape index (κ3) is 10.5. The molecule has 0 atom stereocenters. The summed E-state index contributed by atoms with van der Waals surface area (Å²) in [6, 6.07) is 42.5. The van der Waals surface area contributed by atoms with Crippen LogP contribution in [-0.4, -0.2) is 50.3 Å². The van der Waals surface area contributed by atoms with Crippen molar-refractivity contribution in [3.63, 3.8) is 0 Å². The Kier molecular flexibility index (Phi) is 14.3. The average molecular weight is 899 g/mol. The number of carbonyl (C=O) groups is 4. The van der Waals surface area contributed by atoms with Crippen LogP contribution < -0.4 is 14.2 Å². The van der Waals surface area contributed by atoms with Crippen LogP contribution in [0.15, 0.2) is 133 Å². The van der Waals surface area contributed by atoms with E-state index in [0.717, 1.165) is 54.6 Å². The summed E-state index contributed by atoms with van der Waals surface area (Å²) in [5, 5.41) is 6.67. The number of para-hydroxylation sites is 2. The van der Waals surface area contributed by atoms with Gasteiger partial charge in [-0.2, -0.15) is 0 Å². The van der Waals surface area contributed by atoms with E-state index >= 15 is 0 Å². The zero-order chi connectivity index (χ0) is 46.9. The van der Waals surface area contributed by atoms with Crippen molar-refractivity contribution < 1.29 is 52.3 Å². The topological polar surface area (TPSA) is 133 Å². The summed E-state index contributed by atoms with van der Waals surface area (Å²) < 4.78 is 43.5. The molecule has 0 aliphatic rings. The molecule has 0 aromatic heterocycles. The normalized spacial score (nSPS) is 11.1. The van der Waals surface area contributed by atoms with E-state index in [9.17, 15) is 19.2 Å². The molecule has 0 saturated heterocycles. The van der Waals surface area contributed by atoms with Crippen molar-refractivity contribution in [1.82, 2.24) is 0 Å². The van der Waals surface area contributed by atoms with Crippen LogP contribution >= 0.6 is 0 Å². The Bertz CT molecular complexity index is 2910. The minimum absolute atomic E-state index is 0.0824. The maximum atomic E-state index is 12.3. The molecule has 340 valence electrons. The van der Waals surface area contributed by atoms with Crippen LogP contribution in [0.4, 0.5) is 0 Å². The lowest BCUT2D eigenvalue weighted by atomic mass is 9.88. The van der Waals surface area contributed by atoms with Crippen molar-refractivity contribution in [3.05, 3.63) is 156 Å². The maximum Gasteiger partial charge on any atom is 0.302 e. The molecule has 8 aromatic carbocycles. The van der Waals surface area contributed by atoms with E-state index in [0.29, 0.717) is 71.0 Å². The second-order valence-electron chi connectivity index (χ2n) is 15.9. The average Bonchev–Trinajstić information content (AvgIpc) is 3.31. The number of benzene rings is 8. The Morgan fingerprint density at radius 1 is 0.328 bits per heavy atom. The van der Waals surface area contributed by atoms with Crippen molar-refractivity contribution in [2.24, 2.45) is 0 Å². The van der Waals surface area contributed by atoms with E-state index in [-0.39, 0.29) is 38.4 Å². The molecule has 0 amide bonds. The van der Waals surface area contributed by atoms with Gasteiger partial charge < -0.3 is 33.2 Å². The Hall–Kier alpha value is -7.92. The monoisotopic (exact) mass is 898 g/mol. The van der Waals surface area contributed by atoms with Crippen molar-refractivity contribution in [2.45, 2.75) is 53.4 Å². The molecule has 0 saturated carbocycles. The van der Waals surface area contributed by atoms with E-state index in [4.69, 9.17) is 33.2 Å². The highest BCUT2D eigenvalue weighted by Crippen LogP contribution is 2.52. The van der Waals surface area contributed by atoms with Gasteiger partial charge in [0.25, 0.3) is 0 Å². The van der Waals surface area contributed by atoms with Gasteiger partial charge in [0.1, 0.15) is 11.5 Å². The molecule has 8 rings (SSSR count). The number of ether oxygens (including phenoxy) is 7. The summed E-state index contributed by atoms with van der Waals surface area (Å²) in [5.41, 5.74) is 3.51. The molecule has 0 radical (unpaired) electrons. The summed E-state index contributed by atoms with van der Waals surface area (Å²) in [5.74, 6) is 0.990. The number of rotatable bonds is 18. The van der Waals surface area contributed by atoms with Crippen LogP contribution in [0.1, 0.15) is 49.9 Å². The van der Waals surface area contributed by atoms with E-state index in [1.807, 2.05) is 133 Å². The number of hydrogen-bond donors (Lipinski definition) is 0. The summed E-state index contributed by atoms with van der Waals surface area (Å²) in [6.45, 7) is 5.97. The third-order valence-corrected chi connectivity index (χ3v) is 11.4. The van der Waals surface area contributed by atoms with Crippen molar-refractivity contribution in [3.8, 4) is 34.5 Å². The SMILES string of the molecule is CC(=O)OCCc1c2ccccc2c(CCOC(C)=O)c2c(Oc3c(Oc4ccccc4)ccc4c(CCOC(C)=O)c5ccccc5c(CCOC(C)=O)c34)c(Oc3ccccc3)ccc12. The van der Waals surface area contributed by atoms with Gasteiger partial charge in [-0.05, 0) is 91.0 Å². The van der Waals surface area contributed by atoms with Crippen molar-refractivity contribution in [2.75, 3.05) is 26.4 Å². The van der Waals surface area contributed by atoms with Crippen LogP contribution in [0.25, 0.3) is 43.1 Å². The van der Waals surface area contributed by atoms with E-state index in [1.165, 1.54) is 27.7 Å². The second kappa shape index (κ2) is 20.9. The number of hydrogen-bond acceptors (Lipinski definition) is 11. The Balaban J connectivity index is 1.50. The van der Waals surface area contributed by atoms with Crippen LogP contribution in [0, 0.1) is 0 Å². The zero-order valence-electron chi connectivity index (χ0n) is 37.8. The molecular weight excluding hydrogens is 849 g/mol. The first-order valence-corrected chi connectivity index (χ1v) is 22.2. The van der Waals surface area contributed by atoms with Crippen molar-refractivity contribution in [1.29, 1.82) is 0 Å². The number of fused-ring (bicyclic) bond motifs is 4. The minimum Gasteiger partial charge on any atom is -0.466 e. The minimum atomic E-state index is -0.410. The van der Waals surface area contributed by atoms with Crippen LogP contribution in [0.3, 0.4) is 0 Å². The highest BCUT2D eigenvalue weighted by atomic mass is 16.6. The fourth-order valence-corrected chi connectivity index (χ4v) is 8.75. The van der Waals surface area contributed by atoms with E-state index < -0.39 is 11.9 Å². The smallest absolute Gasteiger partial charge is 0.302 e. The molecule has 0 heterocycles. The number of carbonyl (C=O) groups excluding carboxylic acids is 4. The quantitative estimate of drug-likeness (QED) is 0.0463. The van der Waals surface area contributed by atoms with E-state index in [2.05, 4.69) is 0 Å². The van der Waals surface area contributed by atoms with Gasteiger partial charge in [0.2, 0.25) is 0 Å². The molecule has 0 fully saturated rings. The largest absolute Gasteiger partial charge is 0.466 e. The maximum absolute atomic E-state index is 12.3. The van der Waals surface area contributed by atoms with E-state index in [1.54, 1.807) is 0 Å². The van der Waals surface area contributed by atoms with Gasteiger partial charge in [-0.1, -0.05) is 97.1 Å². The Morgan fingerprint density at radius 2 is 0.627 bits per heavy atom. The van der Waals surface area contributed by atoms with Crippen LogP contribution in [0.2, 0.25) is 0 Å². The molecule has 11 nitrogen and oxygen atoms in total. The molecule has 8 aromatic rings. The third-order valence-electron chi connectivity index (χ3n) is 11.4. The molecule has 0 bridgehead atoms. The predicted molar refractivity (Wildman–Crippen MR) is 257 cm³/mol. The van der Waals surface area contributed by atoms with Gasteiger partial charge in [-0.15, -0.1) is 0 Å². The fraction of sp³-hybridized carbons (Fsp3) is 0.214. The second-order valence-corrected chi connectivity index (χ2v) is 15.9. The number of esters is 4. The molecule has 0 aliphatic carbocycles.